The highest BCUT2D eigenvalue weighted by atomic mass is 16.2. The molecular weight excluding hydrogens is 242 g/mol. The Bertz CT molecular complexity index is 428. The van der Waals surface area contributed by atoms with Crippen molar-refractivity contribution >= 4 is 12.0 Å². The van der Waals surface area contributed by atoms with Gasteiger partial charge in [-0.2, -0.15) is 0 Å². The van der Waals surface area contributed by atoms with Crippen molar-refractivity contribution in [2.24, 2.45) is 0 Å². The molecule has 1 aromatic heterocycles. The van der Waals surface area contributed by atoms with Crippen molar-refractivity contribution in [3.63, 3.8) is 0 Å². The van der Waals surface area contributed by atoms with Crippen molar-refractivity contribution in [1.82, 2.24) is 20.2 Å². The summed E-state index contributed by atoms with van der Waals surface area (Å²) in [6, 6.07) is 1.99. The third kappa shape index (κ3) is 4.08. The molecule has 0 aliphatic carbocycles. The van der Waals surface area contributed by atoms with Crippen molar-refractivity contribution in [2.45, 2.75) is 38.8 Å². The second-order valence-corrected chi connectivity index (χ2v) is 5.83. The van der Waals surface area contributed by atoms with E-state index in [1.54, 1.807) is 18.5 Å². The number of nitrogens with one attached hydrogen (secondary N) is 2. The van der Waals surface area contributed by atoms with Crippen LogP contribution in [0.4, 0.5) is 10.7 Å². The zero-order valence-corrected chi connectivity index (χ0v) is 11.7. The van der Waals surface area contributed by atoms with E-state index in [1.165, 1.54) is 0 Å². The zero-order valence-electron chi connectivity index (χ0n) is 11.7. The molecule has 1 fully saturated rings. The topological polar surface area (TPSA) is 70.2 Å². The number of hydrogen-bond donors (Lipinski definition) is 2. The highest BCUT2D eigenvalue weighted by molar-refractivity contribution is 5.75. The van der Waals surface area contributed by atoms with Crippen molar-refractivity contribution < 1.29 is 4.79 Å². The SMILES string of the molecule is CC(C)(C)NC(=O)N1CCC(Nc2ncccn2)C1. The van der Waals surface area contributed by atoms with Gasteiger partial charge in [0.05, 0.1) is 0 Å². The van der Waals surface area contributed by atoms with E-state index in [0.717, 1.165) is 13.0 Å². The monoisotopic (exact) mass is 263 g/mol. The van der Waals surface area contributed by atoms with Gasteiger partial charge in [-0.1, -0.05) is 0 Å². The molecule has 2 heterocycles. The summed E-state index contributed by atoms with van der Waals surface area (Å²) in [5, 5.41) is 6.22. The number of amides is 2. The summed E-state index contributed by atoms with van der Waals surface area (Å²) in [7, 11) is 0. The second-order valence-electron chi connectivity index (χ2n) is 5.83. The lowest BCUT2D eigenvalue weighted by Crippen LogP contribution is -2.48. The third-order valence-corrected chi connectivity index (χ3v) is 2.86. The number of nitrogens with zero attached hydrogens (tertiary/aromatic N) is 3. The van der Waals surface area contributed by atoms with Gasteiger partial charge in [0.15, 0.2) is 0 Å². The number of rotatable bonds is 2. The Hall–Kier alpha value is -1.85. The molecule has 0 aromatic carbocycles. The number of likely N-dealkylation sites (tertiary alicyclic amines) is 1. The summed E-state index contributed by atoms with van der Waals surface area (Å²) in [5.41, 5.74) is -0.203. The molecule has 6 nitrogen and oxygen atoms in total. The Morgan fingerprint density at radius 2 is 2.05 bits per heavy atom. The van der Waals surface area contributed by atoms with E-state index in [4.69, 9.17) is 0 Å². The average Bonchev–Trinajstić information content (AvgIpc) is 2.77. The Labute approximate surface area is 113 Å². The Morgan fingerprint density at radius 1 is 1.37 bits per heavy atom. The highest BCUT2D eigenvalue weighted by Crippen LogP contribution is 2.14. The van der Waals surface area contributed by atoms with E-state index in [9.17, 15) is 4.79 Å². The van der Waals surface area contributed by atoms with Gasteiger partial charge in [-0.05, 0) is 33.3 Å². The van der Waals surface area contributed by atoms with Crippen LogP contribution in [0, 0.1) is 0 Å². The van der Waals surface area contributed by atoms with Crippen LogP contribution in [-0.4, -0.2) is 45.6 Å². The molecule has 1 aliphatic rings. The van der Waals surface area contributed by atoms with Crippen LogP contribution in [0.25, 0.3) is 0 Å². The average molecular weight is 263 g/mol. The number of anilines is 1. The molecule has 0 bridgehead atoms. The minimum atomic E-state index is -0.203. The van der Waals surface area contributed by atoms with Crippen molar-refractivity contribution in [3.05, 3.63) is 18.5 Å². The van der Waals surface area contributed by atoms with Crippen LogP contribution in [0.5, 0.6) is 0 Å². The maximum Gasteiger partial charge on any atom is 0.317 e. The first-order valence-corrected chi connectivity index (χ1v) is 6.55. The van der Waals surface area contributed by atoms with Gasteiger partial charge in [-0.25, -0.2) is 14.8 Å². The number of carbonyl (C=O) groups is 1. The van der Waals surface area contributed by atoms with Crippen molar-refractivity contribution in [3.8, 4) is 0 Å². The third-order valence-electron chi connectivity index (χ3n) is 2.86. The van der Waals surface area contributed by atoms with Crippen LogP contribution in [-0.2, 0) is 0 Å². The van der Waals surface area contributed by atoms with Gasteiger partial charge in [-0.3, -0.25) is 0 Å². The van der Waals surface area contributed by atoms with Gasteiger partial charge >= 0.3 is 6.03 Å². The van der Waals surface area contributed by atoms with E-state index >= 15 is 0 Å². The summed E-state index contributed by atoms with van der Waals surface area (Å²) < 4.78 is 0. The normalized spacial score (nSPS) is 19.3. The van der Waals surface area contributed by atoms with Crippen molar-refractivity contribution in [1.29, 1.82) is 0 Å². The van der Waals surface area contributed by atoms with Crippen LogP contribution < -0.4 is 10.6 Å². The van der Waals surface area contributed by atoms with Gasteiger partial charge < -0.3 is 15.5 Å². The molecular formula is C13H21N5O. The van der Waals surface area contributed by atoms with E-state index in [1.807, 2.05) is 25.7 Å². The number of urea groups is 1. The lowest BCUT2D eigenvalue weighted by atomic mass is 10.1. The minimum absolute atomic E-state index is 0.00854. The second kappa shape index (κ2) is 5.42. The van der Waals surface area contributed by atoms with Gasteiger partial charge in [0.1, 0.15) is 0 Å². The first-order chi connectivity index (χ1) is 8.94. The Kier molecular flexibility index (Phi) is 3.87. The first-order valence-electron chi connectivity index (χ1n) is 6.55. The van der Waals surface area contributed by atoms with E-state index in [-0.39, 0.29) is 17.6 Å². The quantitative estimate of drug-likeness (QED) is 0.847. The lowest BCUT2D eigenvalue weighted by molar-refractivity contribution is 0.199. The molecule has 0 spiro atoms. The van der Waals surface area contributed by atoms with Crippen LogP contribution in [0.15, 0.2) is 18.5 Å². The van der Waals surface area contributed by atoms with E-state index < -0.39 is 0 Å². The van der Waals surface area contributed by atoms with Crippen molar-refractivity contribution in [2.75, 3.05) is 18.4 Å². The number of aromatic nitrogens is 2. The molecule has 2 amide bonds. The molecule has 6 heteroatoms. The molecule has 1 saturated heterocycles. The Balaban J connectivity index is 1.85. The van der Waals surface area contributed by atoms with Crippen LogP contribution in [0.1, 0.15) is 27.2 Å². The highest BCUT2D eigenvalue weighted by Gasteiger charge is 2.28. The molecule has 104 valence electrons. The molecule has 1 aromatic rings. The number of hydrogen-bond acceptors (Lipinski definition) is 4. The fourth-order valence-corrected chi connectivity index (χ4v) is 2.02. The van der Waals surface area contributed by atoms with Crippen LogP contribution in [0.3, 0.4) is 0 Å². The molecule has 19 heavy (non-hydrogen) atoms. The van der Waals surface area contributed by atoms with E-state index in [0.29, 0.717) is 12.5 Å². The Morgan fingerprint density at radius 3 is 2.68 bits per heavy atom. The summed E-state index contributed by atoms with van der Waals surface area (Å²) >= 11 is 0. The first kappa shape index (κ1) is 13.6. The predicted molar refractivity (Wildman–Crippen MR) is 73.9 cm³/mol. The number of carbonyl (C=O) groups excluding carboxylic acids is 1. The largest absolute Gasteiger partial charge is 0.350 e. The van der Waals surface area contributed by atoms with Gasteiger partial charge in [0.2, 0.25) is 5.95 Å². The van der Waals surface area contributed by atoms with E-state index in [2.05, 4.69) is 20.6 Å². The standard InChI is InChI=1S/C13H21N5O/c1-13(2,3)17-12(19)18-8-5-10(9-18)16-11-14-6-4-7-15-11/h4,6-7,10H,5,8-9H2,1-3H3,(H,17,19)(H,14,15,16). The van der Waals surface area contributed by atoms with Gasteiger partial charge in [0, 0.05) is 37.1 Å². The summed E-state index contributed by atoms with van der Waals surface area (Å²) in [6.45, 7) is 7.38. The molecule has 1 aliphatic heterocycles. The maximum absolute atomic E-state index is 12.0. The maximum atomic E-state index is 12.0. The lowest BCUT2D eigenvalue weighted by Gasteiger charge is -2.25. The summed E-state index contributed by atoms with van der Waals surface area (Å²) in [4.78, 5) is 22.1. The zero-order chi connectivity index (χ0) is 13.9. The molecule has 1 atom stereocenters. The van der Waals surface area contributed by atoms with Crippen LogP contribution >= 0.6 is 0 Å². The van der Waals surface area contributed by atoms with Gasteiger partial charge in [-0.15, -0.1) is 0 Å². The fourth-order valence-electron chi connectivity index (χ4n) is 2.02. The molecule has 2 N–H and O–H groups in total. The summed E-state index contributed by atoms with van der Waals surface area (Å²) in [6.07, 6.45) is 4.32. The molecule has 1 unspecified atom stereocenters. The molecule has 0 radical (unpaired) electrons. The fraction of sp³-hybridized carbons (Fsp3) is 0.615. The molecule has 2 rings (SSSR count). The molecule has 0 saturated carbocycles. The smallest absolute Gasteiger partial charge is 0.317 e. The predicted octanol–water partition coefficient (Wildman–Crippen LogP) is 1.47. The van der Waals surface area contributed by atoms with Gasteiger partial charge in [0.25, 0.3) is 0 Å². The summed E-state index contributed by atoms with van der Waals surface area (Å²) in [5.74, 6) is 0.616. The van der Waals surface area contributed by atoms with Crippen LogP contribution in [0.2, 0.25) is 0 Å². The minimum Gasteiger partial charge on any atom is -0.350 e.